The van der Waals surface area contributed by atoms with Crippen LogP contribution in [0.25, 0.3) is 0 Å². The van der Waals surface area contributed by atoms with Gasteiger partial charge >= 0.3 is 0 Å². The molecule has 1 heterocycles. The molecule has 1 N–H and O–H groups in total. The normalized spacial score (nSPS) is 20.8. The molecule has 0 aliphatic carbocycles. The number of nitrogens with zero attached hydrogens (tertiary/aromatic N) is 1. The summed E-state index contributed by atoms with van der Waals surface area (Å²) < 4.78 is 0. The van der Waals surface area contributed by atoms with Gasteiger partial charge in [-0.2, -0.15) is 0 Å². The molecule has 1 aliphatic rings. The molecule has 2 unspecified atom stereocenters. The largest absolute Gasteiger partial charge is 0.393 e. The monoisotopic (exact) mass is 233 g/mol. The zero-order valence-electron chi connectivity index (χ0n) is 11.3. The van der Waals surface area contributed by atoms with Crippen molar-refractivity contribution < 1.29 is 5.11 Å². The molecule has 0 aromatic heterocycles. The zero-order chi connectivity index (χ0) is 12.6. The number of fused-ring (bicyclic) bond motifs is 1. The lowest BCUT2D eigenvalue weighted by Gasteiger charge is -2.24. The smallest absolute Gasteiger partial charge is 0.0552 e. The average molecular weight is 233 g/mol. The summed E-state index contributed by atoms with van der Waals surface area (Å²) >= 11 is 0. The van der Waals surface area contributed by atoms with E-state index in [2.05, 4.69) is 43.9 Å². The molecule has 1 aromatic rings. The summed E-state index contributed by atoms with van der Waals surface area (Å²) in [5, 5.41) is 9.58. The maximum Gasteiger partial charge on any atom is 0.0552 e. The summed E-state index contributed by atoms with van der Waals surface area (Å²) in [4.78, 5) is 2.46. The van der Waals surface area contributed by atoms with E-state index in [9.17, 15) is 5.11 Å². The molecule has 1 aromatic carbocycles. The summed E-state index contributed by atoms with van der Waals surface area (Å²) in [5.41, 5.74) is 4.13. The molecule has 2 atom stereocenters. The van der Waals surface area contributed by atoms with Gasteiger partial charge in [0.05, 0.1) is 6.10 Å². The molecule has 0 fully saturated rings. The highest BCUT2D eigenvalue weighted by molar-refractivity contribution is 5.63. The third kappa shape index (κ3) is 2.32. The highest BCUT2D eigenvalue weighted by Crippen LogP contribution is 2.39. The molecule has 0 saturated carbocycles. The van der Waals surface area contributed by atoms with Crippen molar-refractivity contribution >= 4 is 5.69 Å². The number of hydrogen-bond donors (Lipinski definition) is 1. The summed E-state index contributed by atoms with van der Waals surface area (Å²) in [6.07, 6.45) is 0.501. The van der Waals surface area contributed by atoms with E-state index in [1.165, 1.54) is 16.8 Å². The van der Waals surface area contributed by atoms with Crippen molar-refractivity contribution in [1.82, 2.24) is 0 Å². The van der Waals surface area contributed by atoms with E-state index in [1.54, 1.807) is 0 Å². The van der Waals surface area contributed by atoms with Crippen LogP contribution in [0.15, 0.2) is 18.2 Å². The van der Waals surface area contributed by atoms with Crippen molar-refractivity contribution in [3.8, 4) is 0 Å². The Bertz CT molecular complexity index is 398. The van der Waals surface area contributed by atoms with Crippen LogP contribution >= 0.6 is 0 Å². The fourth-order valence-corrected chi connectivity index (χ4v) is 2.89. The van der Waals surface area contributed by atoms with Crippen LogP contribution in [0.5, 0.6) is 0 Å². The highest BCUT2D eigenvalue weighted by atomic mass is 16.3. The van der Waals surface area contributed by atoms with Gasteiger partial charge < -0.3 is 10.0 Å². The van der Waals surface area contributed by atoms with Gasteiger partial charge in [-0.3, -0.25) is 0 Å². The number of benzene rings is 1. The highest BCUT2D eigenvalue weighted by Gasteiger charge is 2.29. The first-order valence-corrected chi connectivity index (χ1v) is 6.57. The molecule has 94 valence electrons. The van der Waals surface area contributed by atoms with E-state index in [4.69, 9.17) is 0 Å². The second kappa shape index (κ2) is 4.69. The second-order valence-corrected chi connectivity index (χ2v) is 5.55. The minimum atomic E-state index is -0.262. The minimum Gasteiger partial charge on any atom is -0.393 e. The van der Waals surface area contributed by atoms with Crippen LogP contribution in [0.4, 0.5) is 5.69 Å². The van der Waals surface area contributed by atoms with E-state index in [1.807, 2.05) is 6.92 Å². The topological polar surface area (TPSA) is 23.5 Å². The molecule has 0 bridgehead atoms. The number of aliphatic hydroxyl groups excluding tert-OH is 1. The lowest BCUT2D eigenvalue weighted by Crippen LogP contribution is -2.28. The predicted octanol–water partition coefficient (Wildman–Crippen LogP) is 2.94. The molecule has 1 aliphatic heterocycles. The van der Waals surface area contributed by atoms with Crippen molar-refractivity contribution in [1.29, 1.82) is 0 Å². The molecule has 2 heteroatoms. The van der Waals surface area contributed by atoms with Crippen LogP contribution in [-0.2, 0) is 6.42 Å². The van der Waals surface area contributed by atoms with Gasteiger partial charge in [0.1, 0.15) is 0 Å². The van der Waals surface area contributed by atoms with E-state index in [-0.39, 0.29) is 6.10 Å². The Balaban J connectivity index is 2.41. The Hall–Kier alpha value is -1.02. The third-order valence-electron chi connectivity index (χ3n) is 3.58. The molecule has 0 radical (unpaired) electrons. The molecule has 0 saturated heterocycles. The number of aliphatic hydroxyl groups is 1. The van der Waals surface area contributed by atoms with Crippen LogP contribution in [0, 0.1) is 0 Å². The summed E-state index contributed by atoms with van der Waals surface area (Å²) in [5.74, 6) is 0.572. The van der Waals surface area contributed by atoms with E-state index < -0.39 is 0 Å². The van der Waals surface area contributed by atoms with Crippen LogP contribution in [-0.4, -0.2) is 23.8 Å². The van der Waals surface area contributed by atoms with E-state index in [0.717, 1.165) is 13.0 Å². The van der Waals surface area contributed by atoms with Gasteiger partial charge in [-0.25, -0.2) is 0 Å². The first-order valence-electron chi connectivity index (χ1n) is 6.57. The maximum atomic E-state index is 9.58. The second-order valence-electron chi connectivity index (χ2n) is 5.55. The Morgan fingerprint density at radius 2 is 2.06 bits per heavy atom. The molecule has 17 heavy (non-hydrogen) atoms. The molecular formula is C15H23NO. The molecule has 2 rings (SSSR count). The summed E-state index contributed by atoms with van der Waals surface area (Å²) in [7, 11) is 0. The van der Waals surface area contributed by atoms with Gasteiger partial charge in [0, 0.05) is 24.2 Å². The third-order valence-corrected chi connectivity index (χ3v) is 3.58. The van der Waals surface area contributed by atoms with Crippen molar-refractivity contribution in [2.75, 3.05) is 11.4 Å². The fourth-order valence-electron chi connectivity index (χ4n) is 2.89. The van der Waals surface area contributed by atoms with Crippen LogP contribution in [0.1, 0.15) is 44.7 Å². The van der Waals surface area contributed by atoms with E-state index in [0.29, 0.717) is 12.0 Å². The van der Waals surface area contributed by atoms with Crippen LogP contribution in [0.2, 0.25) is 0 Å². The first-order chi connectivity index (χ1) is 8.00. The van der Waals surface area contributed by atoms with Gasteiger partial charge in [0.2, 0.25) is 0 Å². The van der Waals surface area contributed by atoms with Crippen LogP contribution in [0.3, 0.4) is 0 Å². The Morgan fingerprint density at radius 3 is 2.65 bits per heavy atom. The predicted molar refractivity (Wildman–Crippen MR) is 72.7 cm³/mol. The van der Waals surface area contributed by atoms with Gasteiger partial charge in [0.15, 0.2) is 0 Å². The van der Waals surface area contributed by atoms with Gasteiger partial charge in [0.25, 0.3) is 0 Å². The fraction of sp³-hybridized carbons (Fsp3) is 0.600. The minimum absolute atomic E-state index is 0.262. The van der Waals surface area contributed by atoms with Crippen LogP contribution < -0.4 is 4.90 Å². The summed E-state index contributed by atoms with van der Waals surface area (Å²) in [6.45, 7) is 9.72. The van der Waals surface area contributed by atoms with Crippen molar-refractivity contribution in [3.63, 3.8) is 0 Å². The zero-order valence-corrected chi connectivity index (χ0v) is 11.3. The number of rotatable bonds is 3. The van der Waals surface area contributed by atoms with Gasteiger partial charge in [-0.05, 0) is 44.4 Å². The number of anilines is 1. The van der Waals surface area contributed by atoms with Gasteiger partial charge in [-0.1, -0.05) is 19.1 Å². The van der Waals surface area contributed by atoms with Crippen molar-refractivity contribution in [2.45, 2.75) is 52.2 Å². The number of hydrogen-bond acceptors (Lipinski definition) is 2. The lowest BCUT2D eigenvalue weighted by atomic mass is 9.94. The SMILES string of the molecule is CC(O)Cc1cccc2c1C(C)CN2C(C)C. The summed E-state index contributed by atoms with van der Waals surface area (Å²) in [6, 6.07) is 7.03. The Morgan fingerprint density at radius 1 is 1.35 bits per heavy atom. The quantitative estimate of drug-likeness (QED) is 0.867. The first kappa shape index (κ1) is 12.4. The Kier molecular flexibility index (Phi) is 3.43. The maximum absolute atomic E-state index is 9.58. The standard InChI is InChI=1S/C15H23NO/c1-10(2)16-9-11(3)15-13(8-12(4)17)6-5-7-14(15)16/h5-7,10-12,17H,8-9H2,1-4H3. The van der Waals surface area contributed by atoms with Crippen molar-refractivity contribution in [2.24, 2.45) is 0 Å². The average Bonchev–Trinajstić information content (AvgIpc) is 2.56. The Labute approximate surface area is 104 Å². The lowest BCUT2D eigenvalue weighted by molar-refractivity contribution is 0.195. The van der Waals surface area contributed by atoms with Gasteiger partial charge in [-0.15, -0.1) is 0 Å². The molecule has 2 nitrogen and oxygen atoms in total. The molecule has 0 spiro atoms. The van der Waals surface area contributed by atoms with E-state index >= 15 is 0 Å². The van der Waals surface area contributed by atoms with Crippen molar-refractivity contribution in [3.05, 3.63) is 29.3 Å². The molecule has 0 amide bonds. The molecular weight excluding hydrogens is 210 g/mol.